The van der Waals surface area contributed by atoms with Crippen LogP contribution in [0.5, 0.6) is 5.75 Å². The Balaban J connectivity index is 2.19. The van der Waals surface area contributed by atoms with Gasteiger partial charge >= 0.3 is 12.4 Å². The zero-order chi connectivity index (χ0) is 20.2. The minimum atomic E-state index is -4.86. The van der Waals surface area contributed by atoms with E-state index in [1.807, 2.05) is 0 Å². The summed E-state index contributed by atoms with van der Waals surface area (Å²) in [6.45, 7) is 0. The lowest BCUT2D eigenvalue weighted by Gasteiger charge is -2.20. The Labute approximate surface area is 152 Å². The van der Waals surface area contributed by atoms with Crippen LogP contribution in [-0.4, -0.2) is 12.2 Å². The number of ether oxygens (including phenoxy) is 1. The fraction of sp³-hybridized carbons (Fsp3) is 0.368. The minimum Gasteiger partial charge on any atom is -0.496 e. The maximum absolute atomic E-state index is 13.1. The molecule has 0 bridgehead atoms. The van der Waals surface area contributed by atoms with Gasteiger partial charge in [-0.3, -0.25) is 0 Å². The average Bonchev–Trinajstić information content (AvgIpc) is 2.60. The zero-order valence-corrected chi connectivity index (χ0v) is 14.4. The van der Waals surface area contributed by atoms with Gasteiger partial charge in [0.2, 0.25) is 0 Å². The lowest BCUT2D eigenvalue weighted by molar-refractivity contribution is -0.142. The molecule has 0 aromatic heterocycles. The van der Waals surface area contributed by atoms with E-state index in [9.17, 15) is 31.4 Å². The number of para-hydroxylation sites is 1. The van der Waals surface area contributed by atoms with Gasteiger partial charge in [0.15, 0.2) is 0 Å². The van der Waals surface area contributed by atoms with E-state index in [4.69, 9.17) is 4.74 Å². The summed E-state index contributed by atoms with van der Waals surface area (Å²) in [5.41, 5.74) is -2.46. The molecule has 0 saturated carbocycles. The van der Waals surface area contributed by atoms with Crippen LogP contribution in [0.25, 0.3) is 0 Å². The molecule has 0 heterocycles. The molecule has 0 saturated heterocycles. The molecular weight excluding hydrogens is 374 g/mol. The predicted molar refractivity (Wildman–Crippen MR) is 87.3 cm³/mol. The summed E-state index contributed by atoms with van der Waals surface area (Å²) in [5, 5.41) is 10.2. The van der Waals surface area contributed by atoms with Crippen LogP contribution >= 0.6 is 0 Å². The molecule has 2 nitrogen and oxygen atoms in total. The largest absolute Gasteiger partial charge is 0.496 e. The maximum atomic E-state index is 13.1. The number of aliphatic hydroxyl groups excluding tert-OH is 1. The minimum absolute atomic E-state index is 0.123. The highest BCUT2D eigenvalue weighted by atomic mass is 19.4. The van der Waals surface area contributed by atoms with Crippen molar-refractivity contribution < 1.29 is 36.2 Å². The smallest absolute Gasteiger partial charge is 0.416 e. The van der Waals surface area contributed by atoms with Crippen molar-refractivity contribution in [3.05, 3.63) is 64.7 Å². The van der Waals surface area contributed by atoms with Gasteiger partial charge in [0.05, 0.1) is 24.3 Å². The summed E-state index contributed by atoms with van der Waals surface area (Å²) in [5.74, 6) is 0.599. The number of alkyl halides is 6. The van der Waals surface area contributed by atoms with Crippen LogP contribution in [0, 0.1) is 0 Å². The molecular formula is C19H18F6O2. The molecule has 2 aromatic carbocycles. The summed E-state index contributed by atoms with van der Waals surface area (Å²) in [6.07, 6.45) is -10.8. The molecule has 2 aromatic rings. The number of aliphatic hydroxyl groups is 1. The normalized spacial score (nSPS) is 13.5. The third-order valence-corrected chi connectivity index (χ3v) is 4.16. The van der Waals surface area contributed by atoms with Crippen LogP contribution in [-0.2, 0) is 18.8 Å². The van der Waals surface area contributed by atoms with E-state index >= 15 is 0 Å². The number of halogens is 6. The highest BCUT2D eigenvalue weighted by molar-refractivity contribution is 5.37. The van der Waals surface area contributed by atoms with Gasteiger partial charge in [-0.2, -0.15) is 26.3 Å². The first-order valence-corrected chi connectivity index (χ1v) is 8.12. The molecule has 148 valence electrons. The van der Waals surface area contributed by atoms with E-state index < -0.39 is 35.1 Å². The molecule has 27 heavy (non-hydrogen) atoms. The molecule has 0 radical (unpaired) electrons. The standard InChI is InChI=1S/C19H18F6O2/c1-27-17-8-3-2-5-12(17)6-4-7-16(26)14-11-13(18(20,21)22)9-10-15(14)19(23,24)25/h2-3,5,8-11,16,26H,4,6-7H2,1H3/t16-/m1/s1. The van der Waals surface area contributed by atoms with Crippen LogP contribution in [0.2, 0.25) is 0 Å². The van der Waals surface area contributed by atoms with E-state index in [0.717, 1.165) is 5.56 Å². The van der Waals surface area contributed by atoms with Crippen LogP contribution in [0.1, 0.15) is 41.2 Å². The summed E-state index contributed by atoms with van der Waals surface area (Å²) in [7, 11) is 1.48. The quantitative estimate of drug-likeness (QED) is 0.631. The highest BCUT2D eigenvalue weighted by Gasteiger charge is 2.38. The second kappa shape index (κ2) is 8.21. The van der Waals surface area contributed by atoms with Crippen molar-refractivity contribution >= 4 is 0 Å². The van der Waals surface area contributed by atoms with Gasteiger partial charge in [0, 0.05) is 0 Å². The fourth-order valence-corrected chi connectivity index (χ4v) is 2.82. The van der Waals surface area contributed by atoms with E-state index in [2.05, 4.69) is 0 Å². The van der Waals surface area contributed by atoms with Crippen LogP contribution < -0.4 is 4.74 Å². The summed E-state index contributed by atoms with van der Waals surface area (Å²) < 4.78 is 83.0. The van der Waals surface area contributed by atoms with Gasteiger partial charge in [-0.05, 0) is 54.7 Å². The molecule has 0 aliphatic rings. The first kappa shape index (κ1) is 21.1. The number of benzene rings is 2. The van der Waals surface area contributed by atoms with E-state index in [1.165, 1.54) is 7.11 Å². The maximum Gasteiger partial charge on any atom is 0.416 e. The molecule has 0 amide bonds. The van der Waals surface area contributed by atoms with Crippen LogP contribution in [0.4, 0.5) is 26.3 Å². The summed E-state index contributed by atoms with van der Waals surface area (Å²) in [6, 6.07) is 8.13. The van der Waals surface area contributed by atoms with Crippen LogP contribution in [0.3, 0.4) is 0 Å². The van der Waals surface area contributed by atoms with Gasteiger partial charge in [-0.1, -0.05) is 18.2 Å². The third-order valence-electron chi connectivity index (χ3n) is 4.16. The molecule has 0 fully saturated rings. The van der Waals surface area contributed by atoms with Crippen molar-refractivity contribution in [1.29, 1.82) is 0 Å². The molecule has 0 unspecified atom stereocenters. The van der Waals surface area contributed by atoms with Gasteiger partial charge in [-0.25, -0.2) is 0 Å². The molecule has 0 aliphatic carbocycles. The Kier molecular flexibility index (Phi) is 6.41. The first-order chi connectivity index (χ1) is 12.5. The molecule has 2 rings (SSSR count). The summed E-state index contributed by atoms with van der Waals surface area (Å²) >= 11 is 0. The molecule has 1 atom stereocenters. The first-order valence-electron chi connectivity index (χ1n) is 8.12. The van der Waals surface area contributed by atoms with Crippen molar-refractivity contribution in [3.8, 4) is 5.75 Å². The van der Waals surface area contributed by atoms with Crippen molar-refractivity contribution in [3.63, 3.8) is 0 Å². The molecule has 1 N–H and O–H groups in total. The monoisotopic (exact) mass is 392 g/mol. The number of hydrogen-bond acceptors (Lipinski definition) is 2. The lowest BCUT2D eigenvalue weighted by Crippen LogP contribution is -2.15. The van der Waals surface area contributed by atoms with E-state index in [0.29, 0.717) is 30.4 Å². The lowest BCUT2D eigenvalue weighted by atomic mass is 9.94. The molecule has 8 heteroatoms. The second-order valence-corrected chi connectivity index (χ2v) is 6.02. The topological polar surface area (TPSA) is 29.5 Å². The van der Waals surface area contributed by atoms with E-state index in [1.54, 1.807) is 24.3 Å². The Morgan fingerprint density at radius 3 is 2.22 bits per heavy atom. The summed E-state index contributed by atoms with van der Waals surface area (Å²) in [4.78, 5) is 0. The highest BCUT2D eigenvalue weighted by Crippen LogP contribution is 2.39. The third kappa shape index (κ3) is 5.38. The number of aryl methyl sites for hydroxylation is 1. The van der Waals surface area contributed by atoms with Gasteiger partial charge in [-0.15, -0.1) is 0 Å². The van der Waals surface area contributed by atoms with Crippen molar-refractivity contribution in [2.75, 3.05) is 7.11 Å². The number of methoxy groups -OCH3 is 1. The molecule has 0 spiro atoms. The average molecular weight is 392 g/mol. The zero-order valence-electron chi connectivity index (χ0n) is 14.4. The number of rotatable bonds is 6. The van der Waals surface area contributed by atoms with Crippen molar-refractivity contribution in [2.24, 2.45) is 0 Å². The van der Waals surface area contributed by atoms with Crippen LogP contribution in [0.15, 0.2) is 42.5 Å². The predicted octanol–water partition coefficient (Wildman–Crippen LogP) is 5.79. The Bertz CT molecular complexity index is 768. The van der Waals surface area contributed by atoms with Gasteiger partial charge in [0.25, 0.3) is 0 Å². The SMILES string of the molecule is COc1ccccc1CCC[C@@H](O)c1cc(C(F)(F)F)ccc1C(F)(F)F. The van der Waals surface area contributed by atoms with Gasteiger partial charge in [0.1, 0.15) is 5.75 Å². The van der Waals surface area contributed by atoms with Crippen molar-refractivity contribution in [2.45, 2.75) is 37.7 Å². The van der Waals surface area contributed by atoms with Crippen molar-refractivity contribution in [1.82, 2.24) is 0 Å². The molecule has 0 aliphatic heterocycles. The Morgan fingerprint density at radius 1 is 0.963 bits per heavy atom. The Hall–Kier alpha value is -2.22. The number of hydrogen-bond donors (Lipinski definition) is 1. The fourth-order valence-electron chi connectivity index (χ4n) is 2.82. The second-order valence-electron chi connectivity index (χ2n) is 6.02. The van der Waals surface area contributed by atoms with E-state index in [-0.39, 0.29) is 12.8 Å². The van der Waals surface area contributed by atoms with Gasteiger partial charge < -0.3 is 9.84 Å². The Morgan fingerprint density at radius 2 is 1.63 bits per heavy atom.